The van der Waals surface area contributed by atoms with Gasteiger partial charge in [0.15, 0.2) is 0 Å². The summed E-state index contributed by atoms with van der Waals surface area (Å²) >= 11 is 0. The molecular weight excluding hydrogens is 277 g/mol. The minimum absolute atomic E-state index is 0.111. The highest BCUT2D eigenvalue weighted by atomic mass is 19.4. The second-order valence-electron chi connectivity index (χ2n) is 4.05. The Kier molecular flexibility index (Phi) is 5.75. The van der Waals surface area contributed by atoms with Gasteiger partial charge in [-0.25, -0.2) is 0 Å². The molecule has 0 unspecified atom stereocenters. The molecule has 0 aliphatic rings. The maximum atomic E-state index is 12.0. The molecule has 1 rings (SSSR count). The number of rotatable bonds is 7. The van der Waals surface area contributed by atoms with Gasteiger partial charge in [-0.3, -0.25) is 10.1 Å². The smallest absolute Gasteiger partial charge is 0.385 e. The predicted octanol–water partition coefficient (Wildman–Crippen LogP) is 3.50. The van der Waals surface area contributed by atoms with E-state index < -0.39 is 24.1 Å². The van der Waals surface area contributed by atoms with E-state index in [1.807, 2.05) is 6.92 Å². The largest absolute Gasteiger partial charge is 0.391 e. The van der Waals surface area contributed by atoms with Gasteiger partial charge >= 0.3 is 6.18 Å². The first kappa shape index (κ1) is 16.2. The Balaban J connectivity index is 2.69. The van der Waals surface area contributed by atoms with E-state index >= 15 is 0 Å². The maximum Gasteiger partial charge on any atom is 0.391 e. The maximum absolute atomic E-state index is 12.0. The third-order valence-electron chi connectivity index (χ3n) is 2.45. The van der Waals surface area contributed by atoms with Crippen LogP contribution in [0.5, 0.6) is 0 Å². The molecule has 0 bridgehead atoms. The summed E-state index contributed by atoms with van der Waals surface area (Å²) < 4.78 is 40.8. The Labute approximate surface area is 113 Å². The average molecular weight is 292 g/mol. The highest BCUT2D eigenvalue weighted by molar-refractivity contribution is 5.55. The van der Waals surface area contributed by atoms with Crippen LogP contribution in [0.4, 0.5) is 24.5 Å². The molecule has 1 aromatic rings. The lowest BCUT2D eigenvalue weighted by Crippen LogP contribution is -2.12. The number of anilines is 1. The Morgan fingerprint density at radius 1 is 1.40 bits per heavy atom. The highest BCUT2D eigenvalue weighted by Crippen LogP contribution is 2.24. The lowest BCUT2D eigenvalue weighted by atomic mass is 10.1. The van der Waals surface area contributed by atoms with E-state index in [2.05, 4.69) is 5.32 Å². The van der Waals surface area contributed by atoms with Gasteiger partial charge in [-0.05, 0) is 13.0 Å². The van der Waals surface area contributed by atoms with Gasteiger partial charge in [-0.15, -0.1) is 0 Å². The summed E-state index contributed by atoms with van der Waals surface area (Å²) in [5, 5.41) is 13.7. The van der Waals surface area contributed by atoms with Crippen molar-refractivity contribution in [1.29, 1.82) is 0 Å². The van der Waals surface area contributed by atoms with Crippen LogP contribution in [0, 0.1) is 10.1 Å². The molecule has 0 spiro atoms. The Hall–Kier alpha value is -1.83. The molecule has 0 aromatic heterocycles. The molecular formula is C12H15F3N2O3. The van der Waals surface area contributed by atoms with Crippen molar-refractivity contribution in [3.63, 3.8) is 0 Å². The van der Waals surface area contributed by atoms with Crippen LogP contribution in [-0.4, -0.2) is 24.3 Å². The fraction of sp³-hybridized carbons (Fsp3) is 0.500. The number of halogens is 3. The number of nitro groups is 1. The number of benzene rings is 1. The zero-order valence-electron chi connectivity index (χ0n) is 10.9. The van der Waals surface area contributed by atoms with Gasteiger partial charge in [0.2, 0.25) is 0 Å². The van der Waals surface area contributed by atoms with Gasteiger partial charge in [0.05, 0.1) is 24.6 Å². The van der Waals surface area contributed by atoms with E-state index in [-0.39, 0.29) is 12.3 Å². The fourth-order valence-corrected chi connectivity index (χ4v) is 1.55. The molecule has 5 nitrogen and oxygen atoms in total. The van der Waals surface area contributed by atoms with Crippen LogP contribution in [0.2, 0.25) is 0 Å². The van der Waals surface area contributed by atoms with Gasteiger partial charge in [0.25, 0.3) is 5.69 Å². The molecule has 0 aliphatic carbocycles. The third-order valence-corrected chi connectivity index (χ3v) is 2.45. The third kappa shape index (κ3) is 5.43. The van der Waals surface area contributed by atoms with Crippen LogP contribution in [-0.2, 0) is 11.3 Å². The van der Waals surface area contributed by atoms with E-state index in [0.717, 1.165) is 0 Å². The van der Waals surface area contributed by atoms with Crippen LogP contribution in [0.3, 0.4) is 0 Å². The van der Waals surface area contributed by atoms with Crippen molar-refractivity contribution >= 4 is 11.4 Å². The number of alkyl halides is 3. The molecule has 0 fully saturated rings. The van der Waals surface area contributed by atoms with Gasteiger partial charge in [-0.1, -0.05) is 0 Å². The van der Waals surface area contributed by atoms with Gasteiger partial charge in [-0.2, -0.15) is 13.2 Å². The van der Waals surface area contributed by atoms with Crippen molar-refractivity contribution in [1.82, 2.24) is 0 Å². The Bertz CT molecular complexity index is 464. The van der Waals surface area contributed by atoms with E-state index in [1.54, 1.807) is 0 Å². The first-order chi connectivity index (χ1) is 9.33. The summed E-state index contributed by atoms with van der Waals surface area (Å²) in [6.45, 7) is 1.85. The average Bonchev–Trinajstić information content (AvgIpc) is 2.35. The van der Waals surface area contributed by atoms with Crippen molar-refractivity contribution in [2.24, 2.45) is 0 Å². The standard InChI is InChI=1S/C12H15F3N2O3/c1-2-16-11-4-3-10(17(18)19)7-9(11)8-20-6-5-12(13,14)15/h3-4,7,16H,2,5-6,8H2,1H3. The van der Waals surface area contributed by atoms with Crippen LogP contribution in [0.25, 0.3) is 0 Å². The lowest BCUT2D eigenvalue weighted by Gasteiger charge is -2.12. The SMILES string of the molecule is CCNc1ccc([N+](=O)[O-])cc1COCCC(F)(F)F. The van der Waals surface area contributed by atoms with Gasteiger partial charge in [0, 0.05) is 29.9 Å². The summed E-state index contributed by atoms with van der Waals surface area (Å²) in [5.74, 6) is 0. The Morgan fingerprint density at radius 3 is 2.65 bits per heavy atom. The Morgan fingerprint density at radius 2 is 2.10 bits per heavy atom. The van der Waals surface area contributed by atoms with Crippen LogP contribution in [0.1, 0.15) is 18.9 Å². The number of hydrogen-bond acceptors (Lipinski definition) is 4. The topological polar surface area (TPSA) is 64.4 Å². The summed E-state index contributed by atoms with van der Waals surface area (Å²) in [7, 11) is 0. The molecule has 0 aliphatic heterocycles. The van der Waals surface area contributed by atoms with E-state index in [4.69, 9.17) is 4.74 Å². The minimum Gasteiger partial charge on any atom is -0.385 e. The highest BCUT2D eigenvalue weighted by Gasteiger charge is 2.26. The molecule has 1 aromatic carbocycles. The molecule has 20 heavy (non-hydrogen) atoms. The summed E-state index contributed by atoms with van der Waals surface area (Å²) in [4.78, 5) is 10.1. The second kappa shape index (κ2) is 7.09. The first-order valence-corrected chi connectivity index (χ1v) is 5.99. The van der Waals surface area contributed by atoms with Crippen LogP contribution >= 0.6 is 0 Å². The van der Waals surface area contributed by atoms with E-state index in [9.17, 15) is 23.3 Å². The number of ether oxygens (including phenoxy) is 1. The van der Waals surface area contributed by atoms with Gasteiger partial charge < -0.3 is 10.1 Å². The number of hydrogen-bond donors (Lipinski definition) is 1. The molecule has 0 amide bonds. The summed E-state index contributed by atoms with van der Waals surface area (Å²) in [6, 6.07) is 4.15. The van der Waals surface area contributed by atoms with E-state index in [0.29, 0.717) is 17.8 Å². The van der Waals surface area contributed by atoms with Crippen molar-refractivity contribution in [3.05, 3.63) is 33.9 Å². The summed E-state index contributed by atoms with van der Waals surface area (Å²) in [6.07, 6.45) is -5.31. The number of nitrogens with zero attached hydrogens (tertiary/aromatic N) is 1. The molecule has 0 heterocycles. The molecule has 0 saturated carbocycles. The minimum atomic E-state index is -4.27. The molecule has 112 valence electrons. The zero-order valence-corrected chi connectivity index (χ0v) is 10.9. The quantitative estimate of drug-likeness (QED) is 0.474. The van der Waals surface area contributed by atoms with Crippen LogP contribution < -0.4 is 5.32 Å². The number of nitro benzene ring substituents is 1. The summed E-state index contributed by atoms with van der Waals surface area (Å²) in [5.41, 5.74) is 0.953. The molecule has 0 radical (unpaired) electrons. The lowest BCUT2D eigenvalue weighted by molar-refractivity contribution is -0.384. The van der Waals surface area contributed by atoms with Crippen molar-refractivity contribution in [2.45, 2.75) is 26.1 Å². The number of nitrogens with one attached hydrogen (secondary N) is 1. The monoisotopic (exact) mass is 292 g/mol. The van der Waals surface area contributed by atoms with Crippen molar-refractivity contribution in [3.8, 4) is 0 Å². The first-order valence-electron chi connectivity index (χ1n) is 5.99. The molecule has 1 N–H and O–H groups in total. The molecule has 0 atom stereocenters. The van der Waals surface area contributed by atoms with Gasteiger partial charge in [0.1, 0.15) is 0 Å². The molecule has 0 saturated heterocycles. The van der Waals surface area contributed by atoms with Crippen molar-refractivity contribution in [2.75, 3.05) is 18.5 Å². The zero-order chi connectivity index (χ0) is 15.2. The normalized spacial score (nSPS) is 11.4. The number of non-ortho nitro benzene ring substituents is 1. The predicted molar refractivity (Wildman–Crippen MR) is 67.6 cm³/mol. The second-order valence-corrected chi connectivity index (χ2v) is 4.05. The molecule has 8 heteroatoms. The van der Waals surface area contributed by atoms with Crippen molar-refractivity contribution < 1.29 is 22.8 Å². The fourth-order valence-electron chi connectivity index (χ4n) is 1.55. The van der Waals surface area contributed by atoms with Crippen LogP contribution in [0.15, 0.2) is 18.2 Å². The van der Waals surface area contributed by atoms with E-state index in [1.165, 1.54) is 18.2 Å².